The van der Waals surface area contributed by atoms with Crippen LogP contribution in [0, 0.1) is 5.92 Å². The zero-order chi connectivity index (χ0) is 6.69. The molecule has 0 unspecified atom stereocenters. The van der Waals surface area contributed by atoms with Crippen molar-refractivity contribution in [2.24, 2.45) is 17.4 Å². The van der Waals surface area contributed by atoms with E-state index >= 15 is 0 Å². The molecule has 0 aromatic carbocycles. The van der Waals surface area contributed by atoms with Gasteiger partial charge in [0.15, 0.2) is 0 Å². The van der Waals surface area contributed by atoms with Crippen LogP contribution in [0.2, 0.25) is 0 Å². The van der Waals surface area contributed by atoms with Crippen molar-refractivity contribution in [1.82, 2.24) is 0 Å². The maximum Gasteiger partial charge on any atom is 0.00415 e. The summed E-state index contributed by atoms with van der Waals surface area (Å²) in [6.07, 6.45) is 4.90. The lowest BCUT2D eigenvalue weighted by molar-refractivity contribution is 0.502. The Labute approximate surface area is 56.6 Å². The van der Waals surface area contributed by atoms with Gasteiger partial charge in [-0.1, -0.05) is 0 Å². The van der Waals surface area contributed by atoms with Crippen molar-refractivity contribution in [2.45, 2.75) is 31.7 Å². The Kier molecular flexibility index (Phi) is 2.49. The predicted molar refractivity (Wildman–Crippen MR) is 39.0 cm³/mol. The van der Waals surface area contributed by atoms with Gasteiger partial charge in [0.1, 0.15) is 0 Å². The molecule has 2 atom stereocenters. The second-order valence-electron chi connectivity index (χ2n) is 3.02. The first-order valence-corrected chi connectivity index (χ1v) is 3.78. The second kappa shape index (κ2) is 3.18. The molecule has 1 aliphatic rings. The van der Waals surface area contributed by atoms with Gasteiger partial charge < -0.3 is 11.5 Å². The third kappa shape index (κ3) is 1.95. The van der Waals surface area contributed by atoms with Crippen molar-refractivity contribution >= 4 is 0 Å². The summed E-state index contributed by atoms with van der Waals surface area (Å²) in [5, 5.41) is 0. The summed E-state index contributed by atoms with van der Waals surface area (Å²) in [4.78, 5) is 0. The van der Waals surface area contributed by atoms with Crippen LogP contribution in [-0.4, -0.2) is 12.6 Å². The average Bonchev–Trinajstić information content (AvgIpc) is 2.17. The van der Waals surface area contributed by atoms with Crippen LogP contribution < -0.4 is 11.5 Å². The lowest BCUT2D eigenvalue weighted by atomic mass is 10.0. The van der Waals surface area contributed by atoms with Gasteiger partial charge in [-0.2, -0.15) is 0 Å². The quantitative estimate of drug-likeness (QED) is 0.567. The number of rotatable bonds is 2. The Balaban J connectivity index is 2.14. The molecule has 2 nitrogen and oxygen atoms in total. The Hall–Kier alpha value is -0.0800. The minimum absolute atomic E-state index is 0.474. The van der Waals surface area contributed by atoms with Gasteiger partial charge in [0, 0.05) is 6.04 Å². The molecule has 0 spiro atoms. The van der Waals surface area contributed by atoms with Crippen molar-refractivity contribution in [3.8, 4) is 0 Å². The highest BCUT2D eigenvalue weighted by Crippen LogP contribution is 2.25. The minimum atomic E-state index is 0.474. The Morgan fingerprint density at radius 2 is 2.11 bits per heavy atom. The molecule has 0 heterocycles. The van der Waals surface area contributed by atoms with E-state index in [0.717, 1.165) is 12.5 Å². The molecule has 9 heavy (non-hydrogen) atoms. The van der Waals surface area contributed by atoms with E-state index in [1.165, 1.54) is 25.7 Å². The first kappa shape index (κ1) is 7.03. The Morgan fingerprint density at radius 1 is 1.33 bits per heavy atom. The summed E-state index contributed by atoms with van der Waals surface area (Å²) in [6, 6.07) is 0.474. The summed E-state index contributed by atoms with van der Waals surface area (Å²) >= 11 is 0. The van der Waals surface area contributed by atoms with Gasteiger partial charge in [0.2, 0.25) is 0 Å². The zero-order valence-corrected chi connectivity index (χ0v) is 5.84. The average molecular weight is 128 g/mol. The molecule has 0 radical (unpaired) electrons. The fourth-order valence-corrected chi connectivity index (χ4v) is 1.61. The van der Waals surface area contributed by atoms with Crippen molar-refractivity contribution in [3.05, 3.63) is 0 Å². The van der Waals surface area contributed by atoms with Gasteiger partial charge in [-0.3, -0.25) is 0 Å². The van der Waals surface area contributed by atoms with Gasteiger partial charge in [0.25, 0.3) is 0 Å². The SMILES string of the molecule is NCC[C@@H]1CC[C@H](N)C1. The molecule has 1 rings (SSSR count). The van der Waals surface area contributed by atoms with Gasteiger partial charge in [0.05, 0.1) is 0 Å². The maximum atomic E-state index is 5.71. The molecular formula is C7H16N2. The highest BCUT2D eigenvalue weighted by molar-refractivity contribution is 4.77. The summed E-state index contributed by atoms with van der Waals surface area (Å²) in [6.45, 7) is 0.831. The summed E-state index contributed by atoms with van der Waals surface area (Å²) in [5.41, 5.74) is 11.1. The molecule has 1 saturated carbocycles. The molecule has 1 aliphatic carbocycles. The van der Waals surface area contributed by atoms with E-state index in [-0.39, 0.29) is 0 Å². The largest absolute Gasteiger partial charge is 0.330 e. The number of nitrogens with two attached hydrogens (primary N) is 2. The number of hydrogen-bond acceptors (Lipinski definition) is 2. The third-order valence-corrected chi connectivity index (χ3v) is 2.16. The van der Waals surface area contributed by atoms with Gasteiger partial charge >= 0.3 is 0 Å². The van der Waals surface area contributed by atoms with E-state index in [1.807, 2.05) is 0 Å². The molecule has 0 aliphatic heterocycles. The predicted octanol–water partition coefficient (Wildman–Crippen LogP) is 0.463. The van der Waals surface area contributed by atoms with E-state index in [9.17, 15) is 0 Å². The summed E-state index contributed by atoms with van der Waals surface area (Å²) in [5.74, 6) is 0.838. The Bertz CT molecular complexity index is 81.0. The molecule has 0 bridgehead atoms. The van der Waals surface area contributed by atoms with Crippen LogP contribution in [0.5, 0.6) is 0 Å². The van der Waals surface area contributed by atoms with E-state index in [4.69, 9.17) is 11.5 Å². The minimum Gasteiger partial charge on any atom is -0.330 e. The van der Waals surface area contributed by atoms with Crippen LogP contribution in [0.4, 0.5) is 0 Å². The van der Waals surface area contributed by atoms with Crippen molar-refractivity contribution in [3.63, 3.8) is 0 Å². The van der Waals surface area contributed by atoms with Gasteiger partial charge in [-0.25, -0.2) is 0 Å². The van der Waals surface area contributed by atoms with Crippen LogP contribution >= 0.6 is 0 Å². The second-order valence-corrected chi connectivity index (χ2v) is 3.02. The molecule has 0 aromatic rings. The topological polar surface area (TPSA) is 52.0 Å². The van der Waals surface area contributed by atoms with E-state index in [1.54, 1.807) is 0 Å². The smallest absolute Gasteiger partial charge is 0.00415 e. The summed E-state index contributed by atoms with van der Waals surface area (Å²) < 4.78 is 0. The monoisotopic (exact) mass is 128 g/mol. The normalized spacial score (nSPS) is 35.3. The van der Waals surface area contributed by atoms with Gasteiger partial charge in [-0.15, -0.1) is 0 Å². The van der Waals surface area contributed by atoms with E-state index in [0.29, 0.717) is 6.04 Å². The molecule has 0 aromatic heterocycles. The molecule has 4 N–H and O–H groups in total. The van der Waals surface area contributed by atoms with Crippen LogP contribution in [0.15, 0.2) is 0 Å². The molecule has 54 valence electrons. The van der Waals surface area contributed by atoms with Crippen LogP contribution in [-0.2, 0) is 0 Å². The van der Waals surface area contributed by atoms with E-state index < -0.39 is 0 Å². The first-order chi connectivity index (χ1) is 4.33. The number of hydrogen-bond donors (Lipinski definition) is 2. The van der Waals surface area contributed by atoms with Crippen molar-refractivity contribution in [1.29, 1.82) is 0 Å². The lowest BCUT2D eigenvalue weighted by Crippen LogP contribution is -2.15. The molecule has 1 fully saturated rings. The van der Waals surface area contributed by atoms with Crippen molar-refractivity contribution < 1.29 is 0 Å². The van der Waals surface area contributed by atoms with E-state index in [2.05, 4.69) is 0 Å². The van der Waals surface area contributed by atoms with Gasteiger partial charge in [-0.05, 0) is 38.1 Å². The standard InChI is InChI=1S/C7H16N2/c8-4-3-6-1-2-7(9)5-6/h6-7H,1-5,8-9H2/t6-,7-/m0/s1. The fourth-order valence-electron chi connectivity index (χ4n) is 1.61. The van der Waals surface area contributed by atoms with Crippen LogP contribution in [0.1, 0.15) is 25.7 Å². The highest BCUT2D eigenvalue weighted by atomic mass is 14.6. The van der Waals surface area contributed by atoms with Crippen LogP contribution in [0.25, 0.3) is 0 Å². The molecular weight excluding hydrogens is 112 g/mol. The molecule has 0 amide bonds. The zero-order valence-electron chi connectivity index (χ0n) is 5.84. The molecule has 2 heteroatoms. The third-order valence-electron chi connectivity index (χ3n) is 2.16. The maximum absolute atomic E-state index is 5.71. The summed E-state index contributed by atoms with van der Waals surface area (Å²) in [7, 11) is 0. The highest BCUT2D eigenvalue weighted by Gasteiger charge is 2.20. The van der Waals surface area contributed by atoms with Crippen LogP contribution in [0.3, 0.4) is 0 Å². The van der Waals surface area contributed by atoms with Crippen molar-refractivity contribution in [2.75, 3.05) is 6.54 Å². The fraction of sp³-hybridized carbons (Fsp3) is 1.00. The first-order valence-electron chi connectivity index (χ1n) is 3.78. The molecule has 0 saturated heterocycles. The lowest BCUT2D eigenvalue weighted by Gasteiger charge is -2.05. The Morgan fingerprint density at radius 3 is 2.56 bits per heavy atom.